The van der Waals surface area contributed by atoms with Crippen molar-refractivity contribution >= 4 is 5.91 Å². The molecule has 0 bridgehead atoms. The number of rotatable bonds is 4. The normalized spacial score (nSPS) is 27.6. The quantitative estimate of drug-likeness (QED) is 0.783. The van der Waals surface area contributed by atoms with E-state index in [-0.39, 0.29) is 24.1 Å². The Morgan fingerprint density at radius 2 is 1.75 bits per heavy atom. The van der Waals surface area contributed by atoms with Crippen molar-refractivity contribution in [2.24, 2.45) is 0 Å². The molecule has 2 aliphatic rings. The zero-order chi connectivity index (χ0) is 16.9. The maximum atomic E-state index is 12.2. The van der Waals surface area contributed by atoms with Crippen LogP contribution in [-0.2, 0) is 4.79 Å². The highest BCUT2D eigenvalue weighted by Crippen LogP contribution is 2.26. The first kappa shape index (κ1) is 17.4. The predicted octanol–water partition coefficient (Wildman–Crippen LogP) is 1.60. The van der Waals surface area contributed by atoms with E-state index >= 15 is 0 Å². The Kier molecular flexibility index (Phi) is 5.87. The van der Waals surface area contributed by atoms with Gasteiger partial charge in [-0.05, 0) is 31.2 Å². The van der Waals surface area contributed by atoms with Gasteiger partial charge in [0.2, 0.25) is 0 Å². The van der Waals surface area contributed by atoms with Gasteiger partial charge in [0.1, 0.15) is 0 Å². The second kappa shape index (κ2) is 8.10. The summed E-state index contributed by atoms with van der Waals surface area (Å²) in [4.78, 5) is 14.6. The van der Waals surface area contributed by atoms with Crippen molar-refractivity contribution < 1.29 is 15.0 Å². The van der Waals surface area contributed by atoms with E-state index in [0.29, 0.717) is 5.56 Å². The zero-order valence-electron chi connectivity index (χ0n) is 14.1. The van der Waals surface area contributed by atoms with Crippen LogP contribution in [0, 0.1) is 0 Å². The van der Waals surface area contributed by atoms with Crippen molar-refractivity contribution in [1.29, 1.82) is 0 Å². The lowest BCUT2D eigenvalue weighted by Gasteiger charge is -2.41. The topological polar surface area (TPSA) is 72.8 Å². The van der Waals surface area contributed by atoms with Gasteiger partial charge >= 0.3 is 0 Å². The number of aliphatic hydroxyl groups is 2. The summed E-state index contributed by atoms with van der Waals surface area (Å²) in [5, 5.41) is 23.3. The SMILES string of the molecule is O=C(NC1CCN(C2CCCCC2O)CC1)[C@@H](O)c1ccccc1. The molecule has 0 aromatic heterocycles. The number of carbonyl (C=O) groups is 1. The number of nitrogens with one attached hydrogen (secondary N) is 1. The molecule has 1 saturated carbocycles. The largest absolute Gasteiger partial charge is 0.391 e. The molecule has 1 amide bonds. The van der Waals surface area contributed by atoms with Crippen LogP contribution < -0.4 is 5.32 Å². The number of carbonyl (C=O) groups excluding carboxylic acids is 1. The molecular weight excluding hydrogens is 304 g/mol. The van der Waals surface area contributed by atoms with Gasteiger partial charge in [0.25, 0.3) is 5.91 Å². The molecule has 1 aromatic rings. The average Bonchev–Trinajstić information content (AvgIpc) is 2.63. The Morgan fingerprint density at radius 3 is 2.42 bits per heavy atom. The summed E-state index contributed by atoms with van der Waals surface area (Å²) in [6.45, 7) is 1.79. The van der Waals surface area contributed by atoms with Gasteiger partial charge in [0, 0.05) is 25.2 Å². The molecule has 5 nitrogen and oxygen atoms in total. The first-order chi connectivity index (χ1) is 11.6. The van der Waals surface area contributed by atoms with Gasteiger partial charge in [0.15, 0.2) is 6.10 Å². The average molecular weight is 332 g/mol. The molecule has 3 N–H and O–H groups in total. The summed E-state index contributed by atoms with van der Waals surface area (Å²) in [6.07, 6.45) is 4.74. The number of piperidine rings is 1. The number of nitrogens with zero attached hydrogens (tertiary/aromatic N) is 1. The van der Waals surface area contributed by atoms with E-state index in [1.54, 1.807) is 12.1 Å². The molecular formula is C19H28N2O3. The van der Waals surface area contributed by atoms with Crippen LogP contribution in [0.4, 0.5) is 0 Å². The first-order valence-corrected chi connectivity index (χ1v) is 9.10. The van der Waals surface area contributed by atoms with Crippen molar-refractivity contribution in [2.45, 2.75) is 62.8 Å². The number of aliphatic hydroxyl groups excluding tert-OH is 2. The lowest BCUT2D eigenvalue weighted by Crippen LogP contribution is -2.52. The Morgan fingerprint density at radius 1 is 1.08 bits per heavy atom. The van der Waals surface area contributed by atoms with Gasteiger partial charge in [0.05, 0.1) is 6.10 Å². The Labute approximate surface area is 143 Å². The fraction of sp³-hybridized carbons (Fsp3) is 0.632. The van der Waals surface area contributed by atoms with Gasteiger partial charge < -0.3 is 15.5 Å². The van der Waals surface area contributed by atoms with Crippen LogP contribution in [0.2, 0.25) is 0 Å². The second-order valence-corrected chi connectivity index (χ2v) is 7.05. The van der Waals surface area contributed by atoms with E-state index in [2.05, 4.69) is 10.2 Å². The monoisotopic (exact) mass is 332 g/mol. The van der Waals surface area contributed by atoms with E-state index in [9.17, 15) is 15.0 Å². The van der Waals surface area contributed by atoms with Crippen molar-refractivity contribution in [3.05, 3.63) is 35.9 Å². The van der Waals surface area contributed by atoms with Crippen molar-refractivity contribution in [3.8, 4) is 0 Å². The molecule has 0 radical (unpaired) electrons. The maximum absolute atomic E-state index is 12.2. The fourth-order valence-corrected chi connectivity index (χ4v) is 3.96. The van der Waals surface area contributed by atoms with E-state index in [1.807, 2.05) is 18.2 Å². The molecule has 3 rings (SSSR count). The Balaban J connectivity index is 1.47. The third kappa shape index (κ3) is 4.15. The highest BCUT2D eigenvalue weighted by molar-refractivity contribution is 5.82. The molecule has 1 saturated heterocycles. The van der Waals surface area contributed by atoms with Crippen LogP contribution in [0.5, 0.6) is 0 Å². The Bertz CT molecular complexity index is 529. The van der Waals surface area contributed by atoms with Crippen molar-refractivity contribution in [2.75, 3.05) is 13.1 Å². The van der Waals surface area contributed by atoms with Crippen LogP contribution >= 0.6 is 0 Å². The Hall–Kier alpha value is -1.43. The highest BCUT2D eigenvalue weighted by Gasteiger charge is 2.32. The fourth-order valence-electron chi connectivity index (χ4n) is 3.96. The van der Waals surface area contributed by atoms with Gasteiger partial charge in [-0.15, -0.1) is 0 Å². The molecule has 3 atom stereocenters. The number of likely N-dealkylation sites (tertiary alicyclic amines) is 1. The summed E-state index contributed by atoms with van der Waals surface area (Å²) >= 11 is 0. The number of hydrogen-bond acceptors (Lipinski definition) is 4. The highest BCUT2D eigenvalue weighted by atomic mass is 16.3. The van der Waals surface area contributed by atoms with Gasteiger partial charge in [-0.1, -0.05) is 43.2 Å². The van der Waals surface area contributed by atoms with Gasteiger partial charge in [-0.25, -0.2) is 0 Å². The molecule has 1 aromatic carbocycles. The second-order valence-electron chi connectivity index (χ2n) is 7.05. The third-order valence-electron chi connectivity index (χ3n) is 5.40. The molecule has 1 heterocycles. The van der Waals surface area contributed by atoms with Gasteiger partial charge in [-0.2, -0.15) is 0 Å². The van der Waals surface area contributed by atoms with E-state index < -0.39 is 6.10 Å². The molecule has 5 heteroatoms. The minimum Gasteiger partial charge on any atom is -0.391 e. The summed E-state index contributed by atoms with van der Waals surface area (Å²) < 4.78 is 0. The van der Waals surface area contributed by atoms with Crippen LogP contribution in [-0.4, -0.2) is 52.3 Å². The summed E-state index contributed by atoms with van der Waals surface area (Å²) in [5.74, 6) is -0.322. The minimum atomic E-state index is -1.11. The standard InChI is InChI=1S/C19H28N2O3/c22-17-9-5-4-8-16(17)21-12-10-15(11-13-21)20-19(24)18(23)14-6-2-1-3-7-14/h1-3,6-7,15-18,22-23H,4-5,8-13H2,(H,20,24)/t16?,17?,18-/m0/s1. The molecule has 1 aliphatic heterocycles. The summed E-state index contributed by atoms with van der Waals surface area (Å²) in [6, 6.07) is 9.41. The lowest BCUT2D eigenvalue weighted by molar-refractivity contribution is -0.130. The number of amides is 1. The molecule has 2 unspecified atom stereocenters. The zero-order valence-corrected chi connectivity index (χ0v) is 14.1. The van der Waals surface area contributed by atoms with E-state index in [4.69, 9.17) is 0 Å². The minimum absolute atomic E-state index is 0.104. The molecule has 2 fully saturated rings. The van der Waals surface area contributed by atoms with Crippen molar-refractivity contribution in [1.82, 2.24) is 10.2 Å². The molecule has 1 aliphatic carbocycles. The first-order valence-electron chi connectivity index (χ1n) is 9.10. The summed E-state index contributed by atoms with van der Waals surface area (Å²) in [7, 11) is 0. The molecule has 0 spiro atoms. The molecule has 132 valence electrons. The smallest absolute Gasteiger partial charge is 0.253 e. The summed E-state index contributed by atoms with van der Waals surface area (Å²) in [5.41, 5.74) is 0.623. The van der Waals surface area contributed by atoms with E-state index in [1.165, 1.54) is 6.42 Å². The third-order valence-corrected chi connectivity index (χ3v) is 5.40. The lowest BCUT2D eigenvalue weighted by atomic mass is 9.89. The number of benzene rings is 1. The van der Waals surface area contributed by atoms with Crippen LogP contribution in [0.1, 0.15) is 50.2 Å². The van der Waals surface area contributed by atoms with E-state index in [0.717, 1.165) is 45.2 Å². The predicted molar refractivity (Wildman–Crippen MR) is 92.4 cm³/mol. The molecule has 24 heavy (non-hydrogen) atoms. The van der Waals surface area contributed by atoms with Gasteiger partial charge in [-0.3, -0.25) is 9.69 Å². The number of hydrogen-bond donors (Lipinski definition) is 3. The van der Waals surface area contributed by atoms with Crippen LogP contribution in [0.3, 0.4) is 0 Å². The van der Waals surface area contributed by atoms with Crippen molar-refractivity contribution in [3.63, 3.8) is 0 Å². The van der Waals surface area contributed by atoms with Crippen LogP contribution in [0.25, 0.3) is 0 Å². The van der Waals surface area contributed by atoms with Crippen LogP contribution in [0.15, 0.2) is 30.3 Å². The maximum Gasteiger partial charge on any atom is 0.253 e.